The Kier molecular flexibility index (Phi) is 5.49. The van der Waals surface area contributed by atoms with E-state index in [1.807, 2.05) is 36.4 Å². The Labute approximate surface area is 178 Å². The number of carbonyl (C=O) groups is 3. The number of benzene rings is 3. The fourth-order valence-electron chi connectivity index (χ4n) is 3.72. The van der Waals surface area contributed by atoms with Crippen LogP contribution in [0.25, 0.3) is 0 Å². The van der Waals surface area contributed by atoms with Crippen molar-refractivity contribution in [3.63, 3.8) is 0 Å². The van der Waals surface area contributed by atoms with Gasteiger partial charge in [0.25, 0.3) is 5.91 Å². The maximum absolute atomic E-state index is 13.5. The molecular weight excluding hydrogens is 397 g/mol. The number of anilines is 1. The zero-order valence-electron chi connectivity index (χ0n) is 16.5. The van der Waals surface area contributed by atoms with E-state index in [0.29, 0.717) is 5.56 Å². The van der Waals surface area contributed by atoms with Crippen molar-refractivity contribution < 1.29 is 18.8 Å². The smallest absolute Gasteiger partial charge is 0.324 e. The highest BCUT2D eigenvalue weighted by molar-refractivity contribution is 6.10. The molecule has 31 heavy (non-hydrogen) atoms. The number of hydrogen-bond acceptors (Lipinski definition) is 3. The highest BCUT2D eigenvalue weighted by atomic mass is 19.1. The van der Waals surface area contributed by atoms with Crippen molar-refractivity contribution in [2.75, 3.05) is 11.9 Å². The molecule has 0 bridgehead atoms. The van der Waals surface area contributed by atoms with Crippen molar-refractivity contribution in [3.05, 3.63) is 102 Å². The van der Waals surface area contributed by atoms with Gasteiger partial charge in [0.15, 0.2) is 5.54 Å². The van der Waals surface area contributed by atoms with Crippen LogP contribution in [0, 0.1) is 5.82 Å². The Morgan fingerprint density at radius 2 is 1.61 bits per heavy atom. The Morgan fingerprint density at radius 1 is 0.935 bits per heavy atom. The minimum atomic E-state index is -1.32. The van der Waals surface area contributed by atoms with Crippen LogP contribution in [0.1, 0.15) is 11.1 Å². The lowest BCUT2D eigenvalue weighted by Gasteiger charge is -2.27. The predicted molar refractivity (Wildman–Crippen MR) is 114 cm³/mol. The summed E-state index contributed by atoms with van der Waals surface area (Å²) in [7, 11) is 0. The van der Waals surface area contributed by atoms with E-state index in [1.165, 1.54) is 18.2 Å². The number of urea groups is 1. The van der Waals surface area contributed by atoms with Crippen LogP contribution in [-0.2, 0) is 21.5 Å². The van der Waals surface area contributed by atoms with E-state index in [0.717, 1.165) is 16.5 Å². The molecule has 1 atom stereocenters. The lowest BCUT2D eigenvalue weighted by Crippen LogP contribution is -2.46. The number of nitrogens with one attached hydrogen (secondary N) is 2. The summed E-state index contributed by atoms with van der Waals surface area (Å²) < 4.78 is 13.4. The molecule has 3 aromatic carbocycles. The number of hydrogen-bond donors (Lipinski definition) is 2. The molecule has 0 radical (unpaired) electrons. The van der Waals surface area contributed by atoms with E-state index < -0.39 is 35.7 Å². The SMILES string of the molecule is O=C(CN1C(=O)N[C@@](Cc2ccccc2)(c2ccccc2)C1=O)Nc1cccc(F)c1. The molecule has 6 nitrogen and oxygen atoms in total. The van der Waals surface area contributed by atoms with Crippen molar-refractivity contribution in [2.45, 2.75) is 12.0 Å². The van der Waals surface area contributed by atoms with E-state index in [1.54, 1.807) is 24.3 Å². The molecule has 0 spiro atoms. The van der Waals surface area contributed by atoms with Gasteiger partial charge < -0.3 is 10.6 Å². The largest absolute Gasteiger partial charge is 0.325 e. The zero-order chi connectivity index (χ0) is 21.8. The number of imide groups is 1. The molecule has 0 aliphatic carbocycles. The maximum atomic E-state index is 13.5. The standard InChI is InChI=1S/C24H20FN3O3/c25-19-12-7-13-20(14-19)26-21(29)16-28-22(30)24(27-23(28)31,18-10-5-2-6-11-18)15-17-8-3-1-4-9-17/h1-14H,15-16H2,(H,26,29)(H,27,31)/t24-/m0/s1. The first-order valence-corrected chi connectivity index (χ1v) is 9.77. The van der Waals surface area contributed by atoms with E-state index >= 15 is 0 Å². The highest BCUT2D eigenvalue weighted by Gasteiger charge is 2.52. The lowest BCUT2D eigenvalue weighted by atomic mass is 9.83. The molecule has 4 rings (SSSR count). The average molecular weight is 417 g/mol. The molecule has 1 aliphatic rings. The van der Waals surface area contributed by atoms with Gasteiger partial charge in [-0.25, -0.2) is 9.18 Å². The van der Waals surface area contributed by atoms with Crippen molar-refractivity contribution in [1.29, 1.82) is 0 Å². The topological polar surface area (TPSA) is 78.5 Å². The summed E-state index contributed by atoms with van der Waals surface area (Å²) in [5.74, 6) is -1.61. The molecule has 2 N–H and O–H groups in total. The third-order valence-corrected chi connectivity index (χ3v) is 5.16. The van der Waals surface area contributed by atoms with Gasteiger partial charge in [-0.2, -0.15) is 0 Å². The predicted octanol–water partition coefficient (Wildman–Crippen LogP) is 3.45. The summed E-state index contributed by atoms with van der Waals surface area (Å²) in [5.41, 5.74) is 0.422. The summed E-state index contributed by atoms with van der Waals surface area (Å²) >= 11 is 0. The Hall–Kier alpha value is -4.00. The van der Waals surface area contributed by atoms with E-state index in [4.69, 9.17) is 0 Å². The quantitative estimate of drug-likeness (QED) is 0.603. The second-order valence-electron chi connectivity index (χ2n) is 7.31. The molecule has 4 amide bonds. The van der Waals surface area contributed by atoms with E-state index in [9.17, 15) is 18.8 Å². The molecule has 0 unspecified atom stereocenters. The van der Waals surface area contributed by atoms with Gasteiger partial charge in [-0.15, -0.1) is 0 Å². The maximum Gasteiger partial charge on any atom is 0.325 e. The molecule has 1 heterocycles. The first-order valence-electron chi connectivity index (χ1n) is 9.77. The lowest BCUT2D eigenvalue weighted by molar-refractivity contribution is -0.134. The molecule has 7 heteroatoms. The van der Waals surface area contributed by atoms with Gasteiger partial charge in [0.2, 0.25) is 5.91 Å². The average Bonchev–Trinajstić information content (AvgIpc) is 3.00. The first-order chi connectivity index (χ1) is 15.0. The van der Waals surface area contributed by atoms with Crippen molar-refractivity contribution >= 4 is 23.5 Å². The normalized spacial score (nSPS) is 18.0. The molecule has 3 aromatic rings. The minimum Gasteiger partial charge on any atom is -0.324 e. The number of carbonyl (C=O) groups excluding carboxylic acids is 3. The molecule has 1 fully saturated rings. The van der Waals surface area contributed by atoms with Gasteiger partial charge in [0.05, 0.1) is 0 Å². The van der Waals surface area contributed by atoms with Gasteiger partial charge >= 0.3 is 6.03 Å². The number of amides is 4. The second kappa shape index (κ2) is 8.39. The van der Waals surface area contributed by atoms with Crippen LogP contribution >= 0.6 is 0 Å². The van der Waals surface area contributed by atoms with Gasteiger partial charge in [0, 0.05) is 12.1 Å². The molecule has 156 valence electrons. The zero-order valence-corrected chi connectivity index (χ0v) is 16.5. The first kappa shape index (κ1) is 20.3. The Morgan fingerprint density at radius 3 is 2.29 bits per heavy atom. The Bertz CT molecular complexity index is 1120. The van der Waals surface area contributed by atoms with Crippen LogP contribution in [0.5, 0.6) is 0 Å². The van der Waals surface area contributed by atoms with Crippen LogP contribution in [0.4, 0.5) is 14.9 Å². The summed E-state index contributed by atoms with van der Waals surface area (Å²) in [5, 5.41) is 5.32. The number of nitrogens with zero attached hydrogens (tertiary/aromatic N) is 1. The van der Waals surface area contributed by atoms with Gasteiger partial charge in [-0.1, -0.05) is 66.7 Å². The second-order valence-corrected chi connectivity index (χ2v) is 7.31. The molecule has 1 aliphatic heterocycles. The number of halogens is 1. The summed E-state index contributed by atoms with van der Waals surface area (Å²) in [6.07, 6.45) is 0.241. The molecule has 0 aromatic heterocycles. The molecular formula is C24H20FN3O3. The third kappa shape index (κ3) is 4.16. The van der Waals surface area contributed by atoms with Crippen molar-refractivity contribution in [1.82, 2.24) is 10.2 Å². The van der Waals surface area contributed by atoms with Crippen LogP contribution in [0.15, 0.2) is 84.9 Å². The fourth-order valence-corrected chi connectivity index (χ4v) is 3.72. The fraction of sp³-hybridized carbons (Fsp3) is 0.125. The van der Waals surface area contributed by atoms with Gasteiger partial charge in [0.1, 0.15) is 12.4 Å². The molecule has 0 saturated carbocycles. The summed E-state index contributed by atoms with van der Waals surface area (Å²) in [6.45, 7) is -0.482. The van der Waals surface area contributed by atoms with Gasteiger partial charge in [-0.05, 0) is 29.3 Å². The molecule has 1 saturated heterocycles. The third-order valence-electron chi connectivity index (χ3n) is 5.16. The summed E-state index contributed by atoms with van der Waals surface area (Å²) in [4.78, 5) is 39.6. The van der Waals surface area contributed by atoms with Crippen molar-refractivity contribution in [3.8, 4) is 0 Å². The van der Waals surface area contributed by atoms with Crippen LogP contribution in [0.3, 0.4) is 0 Å². The van der Waals surface area contributed by atoms with Crippen LogP contribution < -0.4 is 10.6 Å². The van der Waals surface area contributed by atoms with E-state index in [-0.39, 0.29) is 12.1 Å². The van der Waals surface area contributed by atoms with Crippen LogP contribution in [0.2, 0.25) is 0 Å². The minimum absolute atomic E-state index is 0.241. The van der Waals surface area contributed by atoms with Crippen LogP contribution in [-0.4, -0.2) is 29.3 Å². The highest BCUT2D eigenvalue weighted by Crippen LogP contribution is 2.33. The number of rotatable bonds is 6. The monoisotopic (exact) mass is 417 g/mol. The van der Waals surface area contributed by atoms with Crippen molar-refractivity contribution in [2.24, 2.45) is 0 Å². The summed E-state index contributed by atoms with van der Waals surface area (Å²) in [6, 6.07) is 23.1. The van der Waals surface area contributed by atoms with E-state index in [2.05, 4.69) is 10.6 Å². The Balaban J connectivity index is 1.60. The van der Waals surface area contributed by atoms with Gasteiger partial charge in [-0.3, -0.25) is 14.5 Å².